The van der Waals surface area contributed by atoms with Crippen molar-refractivity contribution in [1.82, 2.24) is 5.32 Å². The minimum atomic E-state index is -0.319. The van der Waals surface area contributed by atoms with Crippen molar-refractivity contribution in [2.75, 3.05) is 13.2 Å². The molecule has 0 bridgehead atoms. The van der Waals surface area contributed by atoms with E-state index in [1.807, 2.05) is 6.07 Å². The number of ether oxygens (including phenoxy) is 1. The summed E-state index contributed by atoms with van der Waals surface area (Å²) < 4.78 is 5.17. The lowest BCUT2D eigenvalue weighted by atomic mass is 10.1. The fraction of sp³-hybridized carbons (Fsp3) is 0.167. The number of ketones is 1. The summed E-state index contributed by atoms with van der Waals surface area (Å²) in [5.74, 6) is -0.0381. The highest BCUT2D eigenvalue weighted by atomic mass is 16.5. The Morgan fingerprint density at radius 2 is 2.06 bits per heavy atom. The van der Waals surface area contributed by atoms with Crippen LogP contribution < -0.4 is 5.32 Å². The summed E-state index contributed by atoms with van der Waals surface area (Å²) in [6, 6.07) is 8.66. The Bertz CT molecular complexity index is 429. The van der Waals surface area contributed by atoms with Crippen molar-refractivity contribution < 1.29 is 14.3 Å². The SMILES string of the molecule is O=C/C(C(=O)c1ccccc1)=C1/NCCO1. The molecular weight excluding hydrogens is 206 g/mol. The Morgan fingerprint density at radius 1 is 1.31 bits per heavy atom. The predicted octanol–water partition coefficient (Wildman–Crippen LogP) is 0.900. The number of carbonyl (C=O) groups excluding carboxylic acids is 2. The Hall–Kier alpha value is -2.10. The smallest absolute Gasteiger partial charge is 0.201 e. The van der Waals surface area contributed by atoms with Gasteiger partial charge in [0.05, 0.1) is 6.54 Å². The van der Waals surface area contributed by atoms with Gasteiger partial charge in [-0.1, -0.05) is 30.3 Å². The van der Waals surface area contributed by atoms with Gasteiger partial charge in [0.2, 0.25) is 11.7 Å². The summed E-state index contributed by atoms with van der Waals surface area (Å²) >= 11 is 0. The van der Waals surface area contributed by atoms with Crippen molar-refractivity contribution in [3.8, 4) is 0 Å². The van der Waals surface area contributed by atoms with Crippen LogP contribution in [0.3, 0.4) is 0 Å². The molecular formula is C12H11NO3. The van der Waals surface area contributed by atoms with Crippen molar-refractivity contribution in [2.24, 2.45) is 0 Å². The fourth-order valence-electron chi connectivity index (χ4n) is 1.50. The number of allylic oxidation sites excluding steroid dienone is 1. The van der Waals surface area contributed by atoms with Gasteiger partial charge in [-0.25, -0.2) is 0 Å². The molecule has 82 valence electrons. The van der Waals surface area contributed by atoms with Crippen molar-refractivity contribution in [2.45, 2.75) is 0 Å². The third-order valence-corrected chi connectivity index (χ3v) is 2.28. The van der Waals surface area contributed by atoms with E-state index in [0.717, 1.165) is 0 Å². The van der Waals surface area contributed by atoms with Crippen LogP contribution in [0.2, 0.25) is 0 Å². The van der Waals surface area contributed by atoms with E-state index in [2.05, 4.69) is 5.32 Å². The van der Waals surface area contributed by atoms with Gasteiger partial charge < -0.3 is 10.1 Å². The van der Waals surface area contributed by atoms with Gasteiger partial charge >= 0.3 is 0 Å². The normalized spacial score (nSPS) is 17.2. The fourth-order valence-corrected chi connectivity index (χ4v) is 1.50. The molecule has 0 unspecified atom stereocenters. The first-order valence-corrected chi connectivity index (χ1v) is 4.99. The lowest BCUT2D eigenvalue weighted by molar-refractivity contribution is -0.104. The molecule has 1 aromatic rings. The van der Waals surface area contributed by atoms with Gasteiger partial charge in [0.1, 0.15) is 12.2 Å². The minimum absolute atomic E-state index is 0.0451. The molecule has 1 N–H and O–H groups in total. The van der Waals surface area contributed by atoms with E-state index in [-0.39, 0.29) is 17.2 Å². The first kappa shape index (κ1) is 10.4. The molecule has 0 amide bonds. The highest BCUT2D eigenvalue weighted by molar-refractivity contribution is 6.20. The summed E-state index contributed by atoms with van der Waals surface area (Å²) in [5.41, 5.74) is 0.526. The Labute approximate surface area is 92.9 Å². The number of rotatable bonds is 3. The maximum Gasteiger partial charge on any atom is 0.201 e. The second-order valence-electron chi connectivity index (χ2n) is 3.33. The van der Waals surface area contributed by atoms with E-state index < -0.39 is 0 Å². The number of hydrogen-bond acceptors (Lipinski definition) is 4. The van der Waals surface area contributed by atoms with Crippen LogP contribution in [0.15, 0.2) is 41.8 Å². The minimum Gasteiger partial charge on any atom is -0.477 e. The maximum atomic E-state index is 12.0. The van der Waals surface area contributed by atoms with E-state index >= 15 is 0 Å². The number of carbonyl (C=O) groups is 2. The molecule has 1 aliphatic heterocycles. The van der Waals surface area contributed by atoms with Gasteiger partial charge in [0, 0.05) is 5.56 Å². The lowest BCUT2D eigenvalue weighted by Gasteiger charge is -2.04. The van der Waals surface area contributed by atoms with Crippen LogP contribution in [0, 0.1) is 0 Å². The van der Waals surface area contributed by atoms with E-state index in [0.29, 0.717) is 25.0 Å². The zero-order chi connectivity index (χ0) is 11.4. The van der Waals surface area contributed by atoms with Crippen LogP contribution in [0.5, 0.6) is 0 Å². The third-order valence-electron chi connectivity index (χ3n) is 2.28. The first-order valence-electron chi connectivity index (χ1n) is 4.99. The van der Waals surface area contributed by atoms with Crippen LogP contribution in [-0.2, 0) is 9.53 Å². The Kier molecular flexibility index (Phi) is 3.00. The number of Topliss-reactive ketones (excluding diaryl/α,β-unsaturated/α-hetero) is 1. The third kappa shape index (κ3) is 1.95. The van der Waals surface area contributed by atoms with Crippen LogP contribution in [0.4, 0.5) is 0 Å². The molecule has 0 saturated carbocycles. The average molecular weight is 217 g/mol. The van der Waals surface area contributed by atoms with Gasteiger partial charge in [-0.15, -0.1) is 0 Å². The monoisotopic (exact) mass is 217 g/mol. The number of benzene rings is 1. The summed E-state index contributed by atoms with van der Waals surface area (Å²) in [4.78, 5) is 22.9. The highest BCUT2D eigenvalue weighted by Gasteiger charge is 2.20. The molecule has 1 aliphatic rings. The van der Waals surface area contributed by atoms with Gasteiger partial charge in [0.15, 0.2) is 6.29 Å². The second-order valence-corrected chi connectivity index (χ2v) is 3.33. The maximum absolute atomic E-state index is 12.0. The van der Waals surface area contributed by atoms with Gasteiger partial charge in [0.25, 0.3) is 0 Å². The lowest BCUT2D eigenvalue weighted by Crippen LogP contribution is -2.14. The second kappa shape index (κ2) is 4.61. The van der Waals surface area contributed by atoms with Crippen molar-refractivity contribution in [3.05, 3.63) is 47.4 Å². The van der Waals surface area contributed by atoms with Crippen LogP contribution in [-0.4, -0.2) is 25.2 Å². The van der Waals surface area contributed by atoms with Crippen molar-refractivity contribution >= 4 is 12.1 Å². The summed E-state index contributed by atoms with van der Waals surface area (Å²) in [6.07, 6.45) is 0.531. The molecule has 4 nitrogen and oxygen atoms in total. The molecule has 0 atom stereocenters. The van der Waals surface area contributed by atoms with E-state index in [4.69, 9.17) is 4.74 Å². The van der Waals surface area contributed by atoms with E-state index in [1.165, 1.54) is 0 Å². The van der Waals surface area contributed by atoms with E-state index in [9.17, 15) is 9.59 Å². The molecule has 1 saturated heterocycles. The van der Waals surface area contributed by atoms with Crippen molar-refractivity contribution in [1.29, 1.82) is 0 Å². The van der Waals surface area contributed by atoms with Crippen LogP contribution in [0.1, 0.15) is 10.4 Å². The van der Waals surface area contributed by atoms with E-state index in [1.54, 1.807) is 24.3 Å². The standard InChI is InChI=1S/C12H11NO3/c14-8-10(12-13-6-7-16-12)11(15)9-4-2-1-3-5-9/h1-5,8,13H,6-7H2/b12-10+. The zero-order valence-electron chi connectivity index (χ0n) is 8.60. The number of aldehydes is 1. The number of hydrogen-bond donors (Lipinski definition) is 1. The zero-order valence-corrected chi connectivity index (χ0v) is 8.60. The quantitative estimate of drug-likeness (QED) is 0.269. The molecule has 0 aromatic heterocycles. The molecule has 1 fully saturated rings. The van der Waals surface area contributed by atoms with Gasteiger partial charge in [-0.2, -0.15) is 0 Å². The van der Waals surface area contributed by atoms with Crippen molar-refractivity contribution in [3.63, 3.8) is 0 Å². The highest BCUT2D eigenvalue weighted by Crippen LogP contribution is 2.12. The molecule has 0 radical (unpaired) electrons. The first-order chi connectivity index (χ1) is 7.83. The summed E-state index contributed by atoms with van der Waals surface area (Å²) in [7, 11) is 0. The molecule has 2 rings (SSSR count). The average Bonchev–Trinajstić information content (AvgIpc) is 2.85. The molecule has 0 spiro atoms. The predicted molar refractivity (Wildman–Crippen MR) is 57.8 cm³/mol. The summed E-state index contributed by atoms with van der Waals surface area (Å²) in [6.45, 7) is 1.10. The van der Waals surface area contributed by atoms with Crippen LogP contribution >= 0.6 is 0 Å². The van der Waals surface area contributed by atoms with Gasteiger partial charge in [-0.3, -0.25) is 9.59 Å². The molecule has 1 heterocycles. The van der Waals surface area contributed by atoms with Crippen LogP contribution in [0.25, 0.3) is 0 Å². The Morgan fingerprint density at radius 3 is 2.62 bits per heavy atom. The molecule has 1 aromatic carbocycles. The number of nitrogens with one attached hydrogen (secondary N) is 1. The Balaban J connectivity index is 2.33. The molecule has 0 aliphatic carbocycles. The molecule has 4 heteroatoms. The largest absolute Gasteiger partial charge is 0.477 e. The molecule has 16 heavy (non-hydrogen) atoms. The van der Waals surface area contributed by atoms with Gasteiger partial charge in [-0.05, 0) is 0 Å². The summed E-state index contributed by atoms with van der Waals surface area (Å²) in [5, 5.41) is 2.86. The topological polar surface area (TPSA) is 55.4 Å².